The average molecular weight is 445 g/mol. The average Bonchev–Trinajstić information content (AvgIpc) is 2.62. The van der Waals surface area contributed by atoms with Gasteiger partial charge < -0.3 is 10.1 Å². The number of sulfonamides is 1. The normalized spacial score (nSPS) is 12.5. The van der Waals surface area contributed by atoms with Crippen molar-refractivity contribution >= 4 is 39.1 Å². The zero-order valence-electron chi connectivity index (χ0n) is 15.8. The molecule has 2 N–H and O–H groups in total. The number of amides is 1. The Labute approximate surface area is 175 Å². The number of aryl methyl sites for hydroxylation is 1. The van der Waals surface area contributed by atoms with Gasteiger partial charge in [0, 0.05) is 16.6 Å². The van der Waals surface area contributed by atoms with Crippen molar-refractivity contribution in [2.45, 2.75) is 38.3 Å². The Bertz CT molecular complexity index is 964. The van der Waals surface area contributed by atoms with Gasteiger partial charge in [-0.15, -0.1) is 0 Å². The first-order valence-corrected chi connectivity index (χ1v) is 10.9. The summed E-state index contributed by atoms with van der Waals surface area (Å²) in [5.41, 5.74) is 1.37. The third-order valence-corrected chi connectivity index (χ3v) is 6.08. The SMILES string of the molecule is CCOc1ccc(S(=O)(=O)N[C@H](C)C(=O)NCc2ccc(Cl)cc2Cl)cc1C. The molecule has 2 aromatic carbocycles. The Morgan fingerprint density at radius 2 is 1.89 bits per heavy atom. The van der Waals surface area contributed by atoms with Gasteiger partial charge in [0.2, 0.25) is 15.9 Å². The number of hydrogen-bond donors (Lipinski definition) is 2. The minimum absolute atomic E-state index is 0.0637. The fourth-order valence-corrected chi connectivity index (χ4v) is 4.22. The summed E-state index contributed by atoms with van der Waals surface area (Å²) in [5, 5.41) is 3.57. The maximum absolute atomic E-state index is 12.6. The molecule has 0 aliphatic carbocycles. The zero-order chi connectivity index (χ0) is 20.9. The van der Waals surface area contributed by atoms with Gasteiger partial charge in [0.25, 0.3) is 0 Å². The maximum atomic E-state index is 12.6. The van der Waals surface area contributed by atoms with Crippen molar-refractivity contribution in [2.75, 3.05) is 6.61 Å². The van der Waals surface area contributed by atoms with E-state index in [4.69, 9.17) is 27.9 Å². The van der Waals surface area contributed by atoms with Gasteiger partial charge in [-0.2, -0.15) is 4.72 Å². The van der Waals surface area contributed by atoms with E-state index in [-0.39, 0.29) is 11.4 Å². The Morgan fingerprint density at radius 3 is 2.50 bits per heavy atom. The lowest BCUT2D eigenvalue weighted by Gasteiger charge is -2.16. The van der Waals surface area contributed by atoms with Crippen LogP contribution in [0, 0.1) is 6.92 Å². The highest BCUT2D eigenvalue weighted by Crippen LogP contribution is 2.22. The van der Waals surface area contributed by atoms with Crippen molar-refractivity contribution in [1.29, 1.82) is 0 Å². The molecule has 1 amide bonds. The molecule has 0 saturated heterocycles. The van der Waals surface area contributed by atoms with E-state index >= 15 is 0 Å². The number of hydrogen-bond acceptors (Lipinski definition) is 4. The highest BCUT2D eigenvalue weighted by Gasteiger charge is 2.22. The molecule has 0 radical (unpaired) electrons. The van der Waals surface area contributed by atoms with Gasteiger partial charge in [0.05, 0.1) is 17.5 Å². The molecule has 6 nitrogen and oxygen atoms in total. The van der Waals surface area contributed by atoms with Crippen molar-refractivity contribution in [3.63, 3.8) is 0 Å². The van der Waals surface area contributed by atoms with Crippen LogP contribution in [0.15, 0.2) is 41.3 Å². The zero-order valence-corrected chi connectivity index (χ0v) is 18.1. The summed E-state index contributed by atoms with van der Waals surface area (Å²) in [6.45, 7) is 5.72. The van der Waals surface area contributed by atoms with Crippen LogP contribution in [0.1, 0.15) is 25.0 Å². The van der Waals surface area contributed by atoms with E-state index in [0.717, 1.165) is 0 Å². The second kappa shape index (κ2) is 9.60. The van der Waals surface area contributed by atoms with Crippen LogP contribution in [0.4, 0.5) is 0 Å². The van der Waals surface area contributed by atoms with Crippen LogP contribution in [-0.2, 0) is 21.4 Å². The predicted octanol–water partition coefficient (Wildman–Crippen LogP) is 3.68. The highest BCUT2D eigenvalue weighted by atomic mass is 35.5. The van der Waals surface area contributed by atoms with E-state index in [1.807, 2.05) is 6.92 Å². The Kier molecular flexibility index (Phi) is 7.71. The van der Waals surface area contributed by atoms with E-state index < -0.39 is 22.0 Å². The molecular weight excluding hydrogens is 423 g/mol. The minimum atomic E-state index is -3.87. The third kappa shape index (κ3) is 5.85. The summed E-state index contributed by atoms with van der Waals surface area (Å²) in [6, 6.07) is 8.51. The van der Waals surface area contributed by atoms with Gasteiger partial charge in [-0.3, -0.25) is 4.79 Å². The van der Waals surface area contributed by atoms with Crippen molar-refractivity contribution in [1.82, 2.24) is 10.0 Å². The van der Waals surface area contributed by atoms with Crippen molar-refractivity contribution in [2.24, 2.45) is 0 Å². The first-order valence-electron chi connectivity index (χ1n) is 8.61. The van der Waals surface area contributed by atoms with E-state index in [9.17, 15) is 13.2 Å². The third-order valence-electron chi connectivity index (χ3n) is 3.95. The molecule has 1 atom stereocenters. The summed E-state index contributed by atoms with van der Waals surface area (Å²) in [4.78, 5) is 12.3. The molecule has 0 saturated carbocycles. The molecule has 2 aromatic rings. The molecule has 0 fully saturated rings. The maximum Gasteiger partial charge on any atom is 0.241 e. The van der Waals surface area contributed by atoms with Crippen LogP contribution in [0.2, 0.25) is 10.0 Å². The van der Waals surface area contributed by atoms with Gasteiger partial charge in [0.15, 0.2) is 0 Å². The topological polar surface area (TPSA) is 84.5 Å². The summed E-state index contributed by atoms with van der Waals surface area (Å²) in [7, 11) is -3.87. The number of carbonyl (C=O) groups is 1. The van der Waals surface area contributed by atoms with Crippen LogP contribution in [0.3, 0.4) is 0 Å². The van der Waals surface area contributed by atoms with Crippen molar-refractivity contribution in [3.05, 3.63) is 57.6 Å². The number of ether oxygens (including phenoxy) is 1. The molecule has 28 heavy (non-hydrogen) atoms. The minimum Gasteiger partial charge on any atom is -0.494 e. The van der Waals surface area contributed by atoms with E-state index in [2.05, 4.69) is 10.0 Å². The molecule has 0 heterocycles. The van der Waals surface area contributed by atoms with Crippen molar-refractivity contribution < 1.29 is 17.9 Å². The fourth-order valence-electron chi connectivity index (χ4n) is 2.46. The van der Waals surface area contributed by atoms with Gasteiger partial charge in [-0.1, -0.05) is 29.3 Å². The molecule has 0 aromatic heterocycles. The lowest BCUT2D eigenvalue weighted by molar-refractivity contribution is -0.122. The number of halogens is 2. The molecule has 0 unspecified atom stereocenters. The predicted molar refractivity (Wildman–Crippen MR) is 110 cm³/mol. The van der Waals surface area contributed by atoms with E-state index in [1.54, 1.807) is 31.2 Å². The van der Waals surface area contributed by atoms with E-state index in [1.165, 1.54) is 19.1 Å². The van der Waals surface area contributed by atoms with Crippen LogP contribution >= 0.6 is 23.2 Å². The molecule has 0 aliphatic heterocycles. The molecule has 0 spiro atoms. The Balaban J connectivity index is 2.02. The van der Waals surface area contributed by atoms with Crippen LogP contribution in [-0.4, -0.2) is 27.0 Å². The first kappa shape index (κ1) is 22.5. The van der Waals surface area contributed by atoms with Gasteiger partial charge in [-0.25, -0.2) is 8.42 Å². The largest absolute Gasteiger partial charge is 0.494 e. The summed E-state index contributed by atoms with van der Waals surface area (Å²) < 4.78 is 32.9. The standard InChI is InChI=1S/C19H22Cl2N2O4S/c1-4-27-18-8-7-16(9-12(18)2)28(25,26)23-13(3)19(24)22-11-14-5-6-15(20)10-17(14)21/h5-10,13,23H,4,11H2,1-3H3,(H,22,24)/t13-/m1/s1. The molecule has 0 bridgehead atoms. The van der Waals surface area contributed by atoms with Gasteiger partial charge >= 0.3 is 0 Å². The van der Waals surface area contributed by atoms with Crippen LogP contribution < -0.4 is 14.8 Å². The van der Waals surface area contributed by atoms with Gasteiger partial charge in [-0.05, 0) is 62.2 Å². The lowest BCUT2D eigenvalue weighted by Crippen LogP contribution is -2.44. The number of carbonyl (C=O) groups excluding carboxylic acids is 1. The summed E-state index contributed by atoms with van der Waals surface area (Å²) >= 11 is 11.9. The van der Waals surface area contributed by atoms with Crippen LogP contribution in [0.25, 0.3) is 0 Å². The first-order chi connectivity index (χ1) is 13.1. The number of nitrogens with one attached hydrogen (secondary N) is 2. The molecule has 0 aliphatic rings. The fraction of sp³-hybridized carbons (Fsp3) is 0.316. The molecule has 9 heteroatoms. The second-order valence-corrected chi connectivity index (χ2v) is 8.71. The number of rotatable bonds is 8. The highest BCUT2D eigenvalue weighted by molar-refractivity contribution is 7.89. The molecule has 2 rings (SSSR count). The summed E-state index contributed by atoms with van der Waals surface area (Å²) in [6.07, 6.45) is 0. The monoisotopic (exact) mass is 444 g/mol. The quantitative estimate of drug-likeness (QED) is 0.649. The lowest BCUT2D eigenvalue weighted by atomic mass is 10.2. The second-order valence-electron chi connectivity index (χ2n) is 6.16. The Hall–Kier alpha value is -1.80. The van der Waals surface area contributed by atoms with Crippen molar-refractivity contribution in [3.8, 4) is 5.75 Å². The smallest absolute Gasteiger partial charge is 0.241 e. The molecular formula is C19H22Cl2N2O4S. The van der Waals surface area contributed by atoms with E-state index in [0.29, 0.717) is 33.5 Å². The number of benzene rings is 2. The van der Waals surface area contributed by atoms with Crippen LogP contribution in [0.5, 0.6) is 5.75 Å². The molecule has 152 valence electrons. The summed E-state index contributed by atoms with van der Waals surface area (Å²) in [5.74, 6) is 0.143. The van der Waals surface area contributed by atoms with Gasteiger partial charge in [0.1, 0.15) is 5.75 Å². The Morgan fingerprint density at radius 1 is 1.18 bits per heavy atom.